The van der Waals surface area contributed by atoms with E-state index >= 15 is 0 Å². The van der Waals surface area contributed by atoms with E-state index in [1.54, 1.807) is 0 Å². The molecule has 1 atom stereocenters. The maximum absolute atomic E-state index is 12.4. The Bertz CT molecular complexity index is 459. The van der Waals surface area contributed by atoms with Gasteiger partial charge in [0, 0.05) is 6.54 Å². The number of carbonyl (C=O) groups excluding carboxylic acids is 1. The summed E-state index contributed by atoms with van der Waals surface area (Å²) >= 11 is 0. The first-order valence-corrected chi connectivity index (χ1v) is 7.02. The second kappa shape index (κ2) is 6.06. The number of hydrogen-bond acceptors (Lipinski definition) is 3. The normalized spacial score (nSPS) is 18.2. The monoisotopic (exact) mass is 262 g/mol. The molecular formula is C15H22N2O2. The molecule has 0 bridgehead atoms. The highest BCUT2D eigenvalue weighted by Crippen LogP contribution is 2.35. The van der Waals surface area contributed by atoms with Crippen molar-refractivity contribution in [3.8, 4) is 5.75 Å². The van der Waals surface area contributed by atoms with Gasteiger partial charge in [0.2, 0.25) is 0 Å². The molecule has 0 fully saturated rings. The SMILES string of the molecule is CCCN1C(=O)C(CC)Oc2ccc(CCN)cc21. The molecule has 1 aromatic carbocycles. The third-order valence-corrected chi connectivity index (χ3v) is 3.38. The van der Waals surface area contributed by atoms with Crippen LogP contribution >= 0.6 is 0 Å². The van der Waals surface area contributed by atoms with Crippen LogP contribution in [0, 0.1) is 0 Å². The number of ether oxygens (including phenoxy) is 1. The standard InChI is InChI=1S/C15H22N2O2/c1-3-9-17-12-10-11(7-8-16)5-6-14(12)19-13(4-2)15(17)18/h5-6,10,13H,3-4,7-9,16H2,1-2H3. The number of nitrogens with two attached hydrogens (primary N) is 1. The van der Waals surface area contributed by atoms with E-state index in [4.69, 9.17) is 10.5 Å². The molecule has 0 radical (unpaired) electrons. The predicted molar refractivity (Wildman–Crippen MR) is 76.6 cm³/mol. The fourth-order valence-electron chi connectivity index (χ4n) is 2.40. The average molecular weight is 262 g/mol. The minimum atomic E-state index is -0.348. The lowest BCUT2D eigenvalue weighted by Crippen LogP contribution is -2.46. The fourth-order valence-corrected chi connectivity index (χ4v) is 2.40. The van der Waals surface area contributed by atoms with Crippen LogP contribution in [0.4, 0.5) is 5.69 Å². The molecule has 1 unspecified atom stereocenters. The second-order valence-corrected chi connectivity index (χ2v) is 4.85. The van der Waals surface area contributed by atoms with Gasteiger partial charge < -0.3 is 15.4 Å². The molecule has 0 saturated carbocycles. The summed E-state index contributed by atoms with van der Waals surface area (Å²) in [6, 6.07) is 6.01. The molecule has 4 nitrogen and oxygen atoms in total. The quantitative estimate of drug-likeness (QED) is 0.884. The largest absolute Gasteiger partial charge is 0.478 e. The third kappa shape index (κ3) is 2.73. The summed E-state index contributed by atoms with van der Waals surface area (Å²) in [7, 11) is 0. The number of carbonyl (C=O) groups is 1. The molecule has 1 amide bonds. The molecule has 104 valence electrons. The minimum absolute atomic E-state index is 0.0711. The molecule has 19 heavy (non-hydrogen) atoms. The highest BCUT2D eigenvalue weighted by molar-refractivity contribution is 6.00. The molecule has 1 aromatic rings. The van der Waals surface area contributed by atoms with Gasteiger partial charge in [-0.1, -0.05) is 19.9 Å². The van der Waals surface area contributed by atoms with Crippen LogP contribution in [0.2, 0.25) is 0 Å². The topological polar surface area (TPSA) is 55.6 Å². The summed E-state index contributed by atoms with van der Waals surface area (Å²) in [6.45, 7) is 5.39. The molecule has 0 saturated heterocycles. The number of benzene rings is 1. The number of nitrogens with zero attached hydrogens (tertiary/aromatic N) is 1. The smallest absolute Gasteiger partial charge is 0.268 e. The summed E-state index contributed by atoms with van der Waals surface area (Å²) in [4.78, 5) is 14.2. The van der Waals surface area contributed by atoms with E-state index in [9.17, 15) is 4.79 Å². The zero-order valence-corrected chi connectivity index (χ0v) is 11.7. The lowest BCUT2D eigenvalue weighted by molar-refractivity contribution is -0.126. The second-order valence-electron chi connectivity index (χ2n) is 4.85. The Morgan fingerprint density at radius 3 is 2.79 bits per heavy atom. The van der Waals surface area contributed by atoms with Gasteiger partial charge in [-0.05, 0) is 43.5 Å². The van der Waals surface area contributed by atoms with Crippen molar-refractivity contribution in [1.82, 2.24) is 0 Å². The van der Waals surface area contributed by atoms with Crippen molar-refractivity contribution in [2.45, 2.75) is 39.2 Å². The summed E-state index contributed by atoms with van der Waals surface area (Å²) in [5, 5.41) is 0. The Morgan fingerprint density at radius 2 is 2.16 bits per heavy atom. The van der Waals surface area contributed by atoms with E-state index in [0.29, 0.717) is 13.0 Å². The molecule has 4 heteroatoms. The van der Waals surface area contributed by atoms with Crippen molar-refractivity contribution in [2.75, 3.05) is 18.0 Å². The van der Waals surface area contributed by atoms with Crippen LogP contribution < -0.4 is 15.4 Å². The summed E-state index contributed by atoms with van der Waals surface area (Å²) in [5.74, 6) is 0.877. The number of rotatable bonds is 5. The van der Waals surface area contributed by atoms with Crippen molar-refractivity contribution in [2.24, 2.45) is 5.73 Å². The number of hydrogen-bond donors (Lipinski definition) is 1. The Balaban J connectivity index is 2.38. The fraction of sp³-hybridized carbons (Fsp3) is 0.533. The summed E-state index contributed by atoms with van der Waals surface area (Å²) in [5.41, 5.74) is 7.63. The van der Waals surface area contributed by atoms with Crippen LogP contribution in [0.5, 0.6) is 5.75 Å². The van der Waals surface area contributed by atoms with E-state index in [-0.39, 0.29) is 12.0 Å². The summed E-state index contributed by atoms with van der Waals surface area (Å²) < 4.78 is 5.78. The van der Waals surface area contributed by atoms with E-state index in [0.717, 1.165) is 36.4 Å². The first kappa shape index (κ1) is 13.9. The number of amides is 1. The first-order chi connectivity index (χ1) is 9.21. The van der Waals surface area contributed by atoms with Gasteiger partial charge in [0.05, 0.1) is 5.69 Å². The first-order valence-electron chi connectivity index (χ1n) is 7.02. The van der Waals surface area contributed by atoms with Gasteiger partial charge in [0.15, 0.2) is 6.10 Å². The van der Waals surface area contributed by atoms with Gasteiger partial charge in [0.1, 0.15) is 5.75 Å². The molecule has 0 aromatic heterocycles. The molecule has 1 heterocycles. The van der Waals surface area contributed by atoms with Gasteiger partial charge >= 0.3 is 0 Å². The zero-order chi connectivity index (χ0) is 13.8. The summed E-state index contributed by atoms with van der Waals surface area (Å²) in [6.07, 6.45) is 2.10. The van der Waals surface area contributed by atoms with Crippen molar-refractivity contribution < 1.29 is 9.53 Å². The number of fused-ring (bicyclic) bond motifs is 1. The highest BCUT2D eigenvalue weighted by atomic mass is 16.5. The van der Waals surface area contributed by atoms with Gasteiger partial charge in [-0.15, -0.1) is 0 Å². The Morgan fingerprint density at radius 1 is 1.37 bits per heavy atom. The molecule has 1 aliphatic heterocycles. The van der Waals surface area contributed by atoms with E-state index in [2.05, 4.69) is 6.92 Å². The van der Waals surface area contributed by atoms with Crippen LogP contribution in [0.1, 0.15) is 32.3 Å². The van der Waals surface area contributed by atoms with Gasteiger partial charge in [0.25, 0.3) is 5.91 Å². The maximum Gasteiger partial charge on any atom is 0.268 e. The third-order valence-electron chi connectivity index (χ3n) is 3.38. The van der Waals surface area contributed by atoms with Crippen LogP contribution in [-0.2, 0) is 11.2 Å². The molecular weight excluding hydrogens is 240 g/mol. The molecule has 1 aliphatic rings. The Labute approximate surface area is 114 Å². The highest BCUT2D eigenvalue weighted by Gasteiger charge is 2.32. The minimum Gasteiger partial charge on any atom is -0.478 e. The van der Waals surface area contributed by atoms with Crippen LogP contribution in [0.15, 0.2) is 18.2 Å². The van der Waals surface area contributed by atoms with Crippen LogP contribution in [-0.4, -0.2) is 25.1 Å². The van der Waals surface area contributed by atoms with Gasteiger partial charge in [-0.3, -0.25) is 4.79 Å². The van der Waals surface area contributed by atoms with Crippen molar-refractivity contribution in [1.29, 1.82) is 0 Å². The van der Waals surface area contributed by atoms with Crippen LogP contribution in [0.3, 0.4) is 0 Å². The Hall–Kier alpha value is -1.55. The molecule has 0 aliphatic carbocycles. The lowest BCUT2D eigenvalue weighted by Gasteiger charge is -2.34. The Kier molecular flexibility index (Phi) is 4.43. The van der Waals surface area contributed by atoms with Crippen molar-refractivity contribution in [3.63, 3.8) is 0 Å². The average Bonchev–Trinajstić information content (AvgIpc) is 2.42. The maximum atomic E-state index is 12.4. The molecule has 0 spiro atoms. The van der Waals surface area contributed by atoms with Gasteiger partial charge in [-0.25, -0.2) is 0 Å². The van der Waals surface area contributed by atoms with E-state index < -0.39 is 0 Å². The van der Waals surface area contributed by atoms with Gasteiger partial charge in [-0.2, -0.15) is 0 Å². The lowest BCUT2D eigenvalue weighted by atomic mass is 10.1. The van der Waals surface area contributed by atoms with E-state index in [1.807, 2.05) is 30.0 Å². The van der Waals surface area contributed by atoms with E-state index in [1.165, 1.54) is 0 Å². The number of anilines is 1. The van der Waals surface area contributed by atoms with Crippen LogP contribution in [0.25, 0.3) is 0 Å². The zero-order valence-electron chi connectivity index (χ0n) is 11.7. The molecule has 2 rings (SSSR count). The molecule has 2 N–H and O–H groups in total. The van der Waals surface area contributed by atoms with Crippen molar-refractivity contribution >= 4 is 11.6 Å². The predicted octanol–water partition coefficient (Wildman–Crippen LogP) is 2.10. The van der Waals surface area contributed by atoms with Crippen molar-refractivity contribution in [3.05, 3.63) is 23.8 Å².